The summed E-state index contributed by atoms with van der Waals surface area (Å²) in [6, 6.07) is 5.31. The molecule has 0 bridgehead atoms. The van der Waals surface area contributed by atoms with Crippen LogP contribution in [0, 0.1) is 0 Å². The number of rotatable bonds is 4. The minimum Gasteiger partial charge on any atom is -0.377 e. The number of alkyl halides is 1. The Kier molecular flexibility index (Phi) is 6.33. The molecule has 1 aromatic carbocycles. The van der Waals surface area contributed by atoms with Crippen LogP contribution in [0.15, 0.2) is 22.7 Å². The highest BCUT2D eigenvalue weighted by Gasteiger charge is 2.24. The number of hydrogen-bond donors (Lipinski definition) is 0. The number of ether oxygens (including phenoxy) is 1. The van der Waals surface area contributed by atoms with Crippen LogP contribution in [-0.2, 0) is 4.74 Å². The van der Waals surface area contributed by atoms with Gasteiger partial charge in [-0.25, -0.2) is 0 Å². The first kappa shape index (κ1) is 16.3. The highest BCUT2D eigenvalue weighted by atomic mass is 79.9. The topological polar surface area (TPSA) is 29.5 Å². The highest BCUT2D eigenvalue weighted by Crippen LogP contribution is 2.24. The normalized spacial score (nSPS) is 16.4. The lowest BCUT2D eigenvalue weighted by atomic mass is 10.1. The number of nitrogens with zero attached hydrogens (tertiary/aromatic N) is 1. The number of likely N-dealkylation sites (tertiary alicyclic amines) is 1. The Morgan fingerprint density at radius 2 is 2.10 bits per heavy atom. The van der Waals surface area contributed by atoms with Gasteiger partial charge < -0.3 is 9.64 Å². The molecule has 110 valence electrons. The summed E-state index contributed by atoms with van der Waals surface area (Å²) in [7, 11) is 0. The number of halogens is 3. The predicted octanol–water partition coefficient (Wildman–Crippen LogP) is 4.12. The molecular weight excluding hydrogens is 409 g/mol. The fraction of sp³-hybridized carbons (Fsp3) is 0.500. The Labute approximate surface area is 140 Å². The molecule has 0 spiro atoms. The van der Waals surface area contributed by atoms with E-state index in [1.165, 1.54) is 0 Å². The number of carbonyl (C=O) groups excluding carboxylic acids is 1. The highest BCUT2D eigenvalue weighted by molar-refractivity contribution is 9.10. The molecule has 1 aromatic rings. The summed E-state index contributed by atoms with van der Waals surface area (Å²) in [6.07, 6.45) is 2.05. The molecule has 1 aliphatic heterocycles. The number of amides is 1. The lowest BCUT2D eigenvalue weighted by Crippen LogP contribution is -2.41. The summed E-state index contributed by atoms with van der Waals surface area (Å²) in [5.41, 5.74) is 0.637. The average Bonchev–Trinajstić information content (AvgIpc) is 2.48. The summed E-state index contributed by atoms with van der Waals surface area (Å²) in [5, 5.41) is 1.41. The van der Waals surface area contributed by atoms with Crippen molar-refractivity contribution in [3.8, 4) is 0 Å². The first-order valence-electron chi connectivity index (χ1n) is 6.53. The molecule has 0 N–H and O–H groups in total. The van der Waals surface area contributed by atoms with Crippen LogP contribution in [0.4, 0.5) is 0 Å². The van der Waals surface area contributed by atoms with Gasteiger partial charge in [-0.3, -0.25) is 4.79 Å². The molecule has 2 rings (SSSR count). The van der Waals surface area contributed by atoms with E-state index in [-0.39, 0.29) is 12.0 Å². The van der Waals surface area contributed by atoms with E-state index >= 15 is 0 Å². The monoisotopic (exact) mass is 423 g/mol. The summed E-state index contributed by atoms with van der Waals surface area (Å²) < 4.78 is 6.49. The van der Waals surface area contributed by atoms with Crippen molar-refractivity contribution in [2.45, 2.75) is 18.9 Å². The third-order valence-electron chi connectivity index (χ3n) is 3.33. The minimum absolute atomic E-state index is 0.0401. The second-order valence-corrected chi connectivity index (χ2v) is 6.73. The fourth-order valence-electron chi connectivity index (χ4n) is 2.25. The number of carbonyl (C=O) groups is 1. The summed E-state index contributed by atoms with van der Waals surface area (Å²) >= 11 is 12.7. The number of piperidine rings is 1. The molecule has 0 radical (unpaired) electrons. The van der Waals surface area contributed by atoms with Gasteiger partial charge in [0.05, 0.1) is 17.7 Å². The van der Waals surface area contributed by atoms with E-state index in [0.29, 0.717) is 10.6 Å². The zero-order valence-electron chi connectivity index (χ0n) is 10.9. The van der Waals surface area contributed by atoms with Crippen LogP contribution in [0.25, 0.3) is 0 Å². The average molecular weight is 426 g/mol. The Bertz CT molecular complexity index is 476. The van der Waals surface area contributed by atoms with E-state index < -0.39 is 0 Å². The standard InChI is InChI=1S/C14H16Br2ClNO2/c15-5-8-20-11-3-6-18(7-4-11)14(19)10-1-2-12(16)13(17)9-10/h1-2,9,11H,3-8H2. The van der Waals surface area contributed by atoms with Crippen molar-refractivity contribution in [1.29, 1.82) is 0 Å². The minimum atomic E-state index is 0.0401. The molecule has 0 atom stereocenters. The molecule has 1 heterocycles. The van der Waals surface area contributed by atoms with Gasteiger partial charge in [0.15, 0.2) is 0 Å². The quantitative estimate of drug-likeness (QED) is 0.680. The molecule has 1 fully saturated rings. The lowest BCUT2D eigenvalue weighted by Gasteiger charge is -2.32. The molecule has 0 saturated carbocycles. The molecule has 1 aliphatic rings. The largest absolute Gasteiger partial charge is 0.377 e. The summed E-state index contributed by atoms with van der Waals surface area (Å²) in [4.78, 5) is 14.3. The van der Waals surface area contributed by atoms with E-state index in [1.54, 1.807) is 18.2 Å². The van der Waals surface area contributed by atoms with Crippen molar-refractivity contribution in [3.63, 3.8) is 0 Å². The molecule has 6 heteroatoms. The van der Waals surface area contributed by atoms with Crippen molar-refractivity contribution >= 4 is 49.4 Å². The maximum absolute atomic E-state index is 12.4. The smallest absolute Gasteiger partial charge is 0.253 e. The van der Waals surface area contributed by atoms with Gasteiger partial charge in [-0.15, -0.1) is 0 Å². The molecule has 3 nitrogen and oxygen atoms in total. The van der Waals surface area contributed by atoms with Crippen molar-refractivity contribution in [1.82, 2.24) is 4.90 Å². The van der Waals surface area contributed by atoms with Gasteiger partial charge in [0.25, 0.3) is 5.91 Å². The van der Waals surface area contributed by atoms with E-state index in [9.17, 15) is 4.79 Å². The Hall–Kier alpha value is -0.100. The van der Waals surface area contributed by atoms with Gasteiger partial charge in [-0.1, -0.05) is 27.5 Å². The lowest BCUT2D eigenvalue weighted by molar-refractivity contribution is 0.0160. The molecule has 1 saturated heterocycles. The second-order valence-electron chi connectivity index (χ2n) is 4.68. The SMILES string of the molecule is O=C(c1ccc(Br)c(Cl)c1)N1CCC(OCCBr)CC1. The van der Waals surface area contributed by atoms with Gasteiger partial charge in [-0.05, 0) is 47.0 Å². The van der Waals surface area contributed by atoms with Crippen LogP contribution in [-0.4, -0.2) is 41.9 Å². The number of hydrogen-bond acceptors (Lipinski definition) is 2. The van der Waals surface area contributed by atoms with E-state index in [0.717, 1.165) is 42.3 Å². The molecule has 0 unspecified atom stereocenters. The third-order valence-corrected chi connectivity index (χ3v) is 4.88. The van der Waals surface area contributed by atoms with Crippen molar-refractivity contribution in [2.24, 2.45) is 0 Å². The Morgan fingerprint density at radius 1 is 1.40 bits per heavy atom. The van der Waals surface area contributed by atoms with Gasteiger partial charge in [0.1, 0.15) is 0 Å². The van der Waals surface area contributed by atoms with E-state index in [2.05, 4.69) is 31.9 Å². The van der Waals surface area contributed by atoms with Gasteiger partial charge in [-0.2, -0.15) is 0 Å². The Balaban J connectivity index is 1.92. The third kappa shape index (κ3) is 4.20. The molecular formula is C14H16Br2ClNO2. The van der Waals surface area contributed by atoms with Gasteiger partial charge >= 0.3 is 0 Å². The first-order chi connectivity index (χ1) is 9.61. The number of benzene rings is 1. The van der Waals surface area contributed by atoms with Crippen LogP contribution in [0.3, 0.4) is 0 Å². The Morgan fingerprint density at radius 3 is 2.70 bits per heavy atom. The van der Waals surface area contributed by atoms with Gasteiger partial charge in [0.2, 0.25) is 0 Å². The fourth-order valence-corrected chi connectivity index (χ4v) is 2.86. The van der Waals surface area contributed by atoms with Crippen LogP contribution < -0.4 is 0 Å². The maximum Gasteiger partial charge on any atom is 0.253 e. The van der Waals surface area contributed by atoms with Crippen molar-refractivity contribution in [3.05, 3.63) is 33.3 Å². The van der Waals surface area contributed by atoms with E-state index in [4.69, 9.17) is 16.3 Å². The maximum atomic E-state index is 12.4. The molecule has 20 heavy (non-hydrogen) atoms. The zero-order chi connectivity index (χ0) is 14.5. The van der Waals surface area contributed by atoms with Crippen LogP contribution >= 0.6 is 43.5 Å². The second kappa shape index (κ2) is 7.78. The van der Waals surface area contributed by atoms with Crippen LogP contribution in [0.5, 0.6) is 0 Å². The summed E-state index contributed by atoms with van der Waals surface area (Å²) in [5.74, 6) is 0.0401. The molecule has 1 amide bonds. The van der Waals surface area contributed by atoms with Crippen molar-refractivity contribution in [2.75, 3.05) is 25.0 Å². The molecule has 0 aromatic heterocycles. The van der Waals surface area contributed by atoms with Crippen LogP contribution in [0.2, 0.25) is 5.02 Å². The van der Waals surface area contributed by atoms with Crippen LogP contribution in [0.1, 0.15) is 23.2 Å². The predicted molar refractivity (Wildman–Crippen MR) is 87.8 cm³/mol. The van der Waals surface area contributed by atoms with Crippen molar-refractivity contribution < 1.29 is 9.53 Å². The van der Waals surface area contributed by atoms with E-state index in [1.807, 2.05) is 4.90 Å². The van der Waals surface area contributed by atoms with Gasteiger partial charge in [0, 0.05) is 28.5 Å². The molecule has 0 aliphatic carbocycles. The zero-order valence-corrected chi connectivity index (χ0v) is 14.9. The first-order valence-corrected chi connectivity index (χ1v) is 8.83. The summed E-state index contributed by atoms with van der Waals surface area (Å²) in [6.45, 7) is 2.19.